The number of amides is 4. The molecule has 2 aromatic carbocycles. The molecule has 1 aromatic heterocycles. The normalized spacial score (nSPS) is 12.2. The Kier molecular flexibility index (Phi) is 12.2. The zero-order valence-electron chi connectivity index (χ0n) is 25.6. The molecule has 13 nitrogen and oxygen atoms in total. The molecule has 3 rings (SSSR count). The van der Waals surface area contributed by atoms with Gasteiger partial charge in [-0.25, -0.2) is 4.79 Å². The Morgan fingerprint density at radius 1 is 0.889 bits per heavy atom. The van der Waals surface area contributed by atoms with Gasteiger partial charge in [-0.15, -0.1) is 0 Å². The van der Waals surface area contributed by atoms with E-state index in [0.717, 1.165) is 0 Å². The van der Waals surface area contributed by atoms with Crippen molar-refractivity contribution < 1.29 is 38.2 Å². The number of ether oxygens (including phenoxy) is 1. The number of hydrogen-bond donors (Lipinski definition) is 5. The molecule has 4 amide bonds. The van der Waals surface area contributed by atoms with Crippen molar-refractivity contribution in [3.05, 3.63) is 70.1 Å². The molecule has 0 radical (unpaired) electrons. The van der Waals surface area contributed by atoms with Crippen LogP contribution >= 0.6 is 0 Å². The number of phenols is 1. The van der Waals surface area contributed by atoms with Crippen molar-refractivity contribution >= 4 is 46.3 Å². The standard InChI is InChI=1S/C32H38N4O9/c1-18(2)13-24(35-28(39)17-33-27(38)11-12-29(40)44-4)32(43)36-25(15-20-5-8-22(37)9-6-20)31(42)34-21-7-10-26-23(16-21)19(3)14-30(41)45-26/h5-10,14,16,18,24-25,37H,11-13,15,17H2,1-4H3,(H,33,38)(H,34,42)(H,35,39)(H,36,43). The third-order valence-corrected chi connectivity index (χ3v) is 6.81. The van der Waals surface area contributed by atoms with Crippen LogP contribution in [0.1, 0.15) is 44.2 Å². The number of nitrogens with one attached hydrogen (secondary N) is 4. The van der Waals surface area contributed by atoms with Crippen molar-refractivity contribution in [3.63, 3.8) is 0 Å². The van der Waals surface area contributed by atoms with Crippen molar-refractivity contribution in [2.75, 3.05) is 19.0 Å². The molecule has 45 heavy (non-hydrogen) atoms. The number of methoxy groups -OCH3 is 1. The smallest absolute Gasteiger partial charge is 0.336 e. The van der Waals surface area contributed by atoms with E-state index in [0.29, 0.717) is 27.8 Å². The molecule has 0 spiro atoms. The summed E-state index contributed by atoms with van der Waals surface area (Å²) in [4.78, 5) is 74.6. The molecule has 2 unspecified atom stereocenters. The van der Waals surface area contributed by atoms with E-state index in [4.69, 9.17) is 4.42 Å². The third-order valence-electron chi connectivity index (χ3n) is 6.81. The summed E-state index contributed by atoms with van der Waals surface area (Å²) in [5.41, 5.74) is 1.60. The van der Waals surface area contributed by atoms with Gasteiger partial charge in [0.05, 0.1) is 20.1 Å². The summed E-state index contributed by atoms with van der Waals surface area (Å²) in [5.74, 6) is -2.84. The highest BCUT2D eigenvalue weighted by molar-refractivity contribution is 6.00. The van der Waals surface area contributed by atoms with Gasteiger partial charge in [0.15, 0.2) is 0 Å². The topological polar surface area (TPSA) is 193 Å². The monoisotopic (exact) mass is 622 g/mol. The number of aromatic hydroxyl groups is 1. The van der Waals surface area contributed by atoms with E-state index < -0.39 is 53.9 Å². The van der Waals surface area contributed by atoms with E-state index in [1.165, 1.54) is 25.3 Å². The molecular formula is C32H38N4O9. The Balaban J connectivity index is 1.75. The molecule has 13 heteroatoms. The molecule has 0 bridgehead atoms. The summed E-state index contributed by atoms with van der Waals surface area (Å²) in [6.45, 7) is 5.06. The van der Waals surface area contributed by atoms with Crippen LogP contribution in [-0.2, 0) is 35.1 Å². The maximum absolute atomic E-state index is 13.6. The number of benzene rings is 2. The molecule has 0 saturated heterocycles. The molecule has 0 saturated carbocycles. The minimum atomic E-state index is -1.09. The van der Waals surface area contributed by atoms with Gasteiger partial charge in [-0.3, -0.25) is 24.0 Å². The minimum Gasteiger partial charge on any atom is -0.508 e. The predicted octanol–water partition coefficient (Wildman–Crippen LogP) is 2.07. The second-order valence-electron chi connectivity index (χ2n) is 11.0. The maximum atomic E-state index is 13.6. The number of esters is 1. The number of rotatable bonds is 14. The van der Waals surface area contributed by atoms with Gasteiger partial charge in [0.1, 0.15) is 23.4 Å². The average molecular weight is 623 g/mol. The number of carbonyl (C=O) groups excluding carboxylic acids is 5. The van der Waals surface area contributed by atoms with Crippen LogP contribution in [-0.4, -0.2) is 60.4 Å². The highest BCUT2D eigenvalue weighted by Crippen LogP contribution is 2.21. The van der Waals surface area contributed by atoms with Crippen LogP contribution in [0.25, 0.3) is 11.0 Å². The van der Waals surface area contributed by atoms with E-state index in [1.54, 1.807) is 37.3 Å². The summed E-state index contributed by atoms with van der Waals surface area (Å²) < 4.78 is 9.71. The van der Waals surface area contributed by atoms with Crippen LogP contribution < -0.4 is 26.9 Å². The average Bonchev–Trinajstić information content (AvgIpc) is 2.99. The molecule has 240 valence electrons. The highest BCUT2D eigenvalue weighted by Gasteiger charge is 2.28. The first-order valence-corrected chi connectivity index (χ1v) is 14.4. The van der Waals surface area contributed by atoms with Gasteiger partial charge in [-0.05, 0) is 60.7 Å². The molecule has 0 fully saturated rings. The Morgan fingerprint density at radius 2 is 1.60 bits per heavy atom. The van der Waals surface area contributed by atoms with Gasteiger partial charge in [0.25, 0.3) is 0 Å². The number of fused-ring (bicyclic) bond motifs is 1. The van der Waals surface area contributed by atoms with Crippen LogP contribution in [0, 0.1) is 12.8 Å². The van der Waals surface area contributed by atoms with Crippen molar-refractivity contribution in [3.8, 4) is 5.75 Å². The fraction of sp³-hybridized carbons (Fsp3) is 0.375. The lowest BCUT2D eigenvalue weighted by Crippen LogP contribution is -2.54. The summed E-state index contributed by atoms with van der Waals surface area (Å²) in [5, 5.41) is 20.9. The summed E-state index contributed by atoms with van der Waals surface area (Å²) in [7, 11) is 1.21. The van der Waals surface area contributed by atoms with Gasteiger partial charge < -0.3 is 35.5 Å². The Labute approximate surface area is 259 Å². The zero-order chi connectivity index (χ0) is 33.1. The lowest BCUT2D eigenvalue weighted by molar-refractivity contribution is -0.142. The van der Waals surface area contributed by atoms with Crippen molar-refractivity contribution in [1.29, 1.82) is 0 Å². The third kappa shape index (κ3) is 10.8. The lowest BCUT2D eigenvalue weighted by atomic mass is 10.0. The number of carbonyl (C=O) groups is 5. The first-order valence-electron chi connectivity index (χ1n) is 14.4. The largest absolute Gasteiger partial charge is 0.508 e. The highest BCUT2D eigenvalue weighted by atomic mass is 16.5. The Bertz CT molecular complexity index is 1600. The molecular weight excluding hydrogens is 584 g/mol. The number of aryl methyl sites for hydroxylation is 1. The number of hydrogen-bond acceptors (Lipinski definition) is 9. The molecule has 1 heterocycles. The van der Waals surface area contributed by atoms with E-state index in [9.17, 15) is 33.9 Å². The molecule has 3 aromatic rings. The van der Waals surface area contributed by atoms with Crippen LogP contribution in [0.5, 0.6) is 5.75 Å². The van der Waals surface area contributed by atoms with Gasteiger partial charge in [0.2, 0.25) is 23.6 Å². The summed E-state index contributed by atoms with van der Waals surface area (Å²) in [6, 6.07) is 10.2. The fourth-order valence-electron chi connectivity index (χ4n) is 4.51. The molecule has 0 aliphatic carbocycles. The minimum absolute atomic E-state index is 0.0130. The first-order chi connectivity index (χ1) is 21.3. The Morgan fingerprint density at radius 3 is 2.27 bits per heavy atom. The maximum Gasteiger partial charge on any atom is 0.336 e. The zero-order valence-corrected chi connectivity index (χ0v) is 25.6. The van der Waals surface area contributed by atoms with E-state index in [-0.39, 0.29) is 37.4 Å². The molecule has 0 aliphatic heterocycles. The van der Waals surface area contributed by atoms with Crippen LogP contribution in [0.2, 0.25) is 0 Å². The van der Waals surface area contributed by atoms with Crippen molar-refractivity contribution in [1.82, 2.24) is 16.0 Å². The SMILES string of the molecule is COC(=O)CCC(=O)NCC(=O)NC(CC(C)C)C(=O)NC(Cc1ccc(O)cc1)C(=O)Nc1ccc2oc(=O)cc(C)c2c1. The van der Waals surface area contributed by atoms with Crippen LogP contribution in [0.3, 0.4) is 0 Å². The lowest BCUT2D eigenvalue weighted by Gasteiger charge is -2.24. The van der Waals surface area contributed by atoms with E-state index in [1.807, 2.05) is 13.8 Å². The van der Waals surface area contributed by atoms with Gasteiger partial charge in [-0.2, -0.15) is 0 Å². The van der Waals surface area contributed by atoms with Crippen LogP contribution in [0.15, 0.2) is 57.7 Å². The summed E-state index contributed by atoms with van der Waals surface area (Å²) >= 11 is 0. The second-order valence-corrected chi connectivity index (χ2v) is 11.0. The summed E-state index contributed by atoms with van der Waals surface area (Å²) in [6.07, 6.45) is 0.0195. The molecule has 5 N–H and O–H groups in total. The number of anilines is 1. The van der Waals surface area contributed by atoms with Crippen molar-refractivity contribution in [2.45, 2.75) is 58.5 Å². The second kappa shape index (κ2) is 16.0. The van der Waals surface area contributed by atoms with E-state index in [2.05, 4.69) is 26.0 Å². The Hall–Kier alpha value is -5.20. The quantitative estimate of drug-likeness (QED) is 0.132. The van der Waals surface area contributed by atoms with Crippen LogP contribution in [0.4, 0.5) is 5.69 Å². The van der Waals surface area contributed by atoms with Gasteiger partial charge >= 0.3 is 11.6 Å². The van der Waals surface area contributed by atoms with Gasteiger partial charge in [-0.1, -0.05) is 26.0 Å². The van der Waals surface area contributed by atoms with E-state index >= 15 is 0 Å². The predicted molar refractivity (Wildman–Crippen MR) is 165 cm³/mol. The number of phenolic OH excluding ortho intramolecular Hbond substituents is 1. The molecule has 0 aliphatic rings. The van der Waals surface area contributed by atoms with Gasteiger partial charge in [0, 0.05) is 30.0 Å². The fourth-order valence-corrected chi connectivity index (χ4v) is 4.51. The van der Waals surface area contributed by atoms with Crippen molar-refractivity contribution in [2.24, 2.45) is 5.92 Å². The molecule has 2 atom stereocenters. The first kappa shape index (κ1) is 34.3.